The summed E-state index contributed by atoms with van der Waals surface area (Å²) in [5, 5.41) is 21.6. The van der Waals surface area contributed by atoms with Crippen molar-refractivity contribution in [3.63, 3.8) is 0 Å². The third-order valence-electron chi connectivity index (χ3n) is 2.47. The molecular formula is C11H13NO3. The van der Waals surface area contributed by atoms with Gasteiger partial charge in [-0.15, -0.1) is 0 Å². The number of phenols is 1. The van der Waals surface area contributed by atoms with Crippen LogP contribution in [-0.4, -0.2) is 22.2 Å². The lowest BCUT2D eigenvalue weighted by molar-refractivity contribution is -0.139. The third kappa shape index (κ3) is 2.27. The van der Waals surface area contributed by atoms with Gasteiger partial charge in [0, 0.05) is 11.6 Å². The van der Waals surface area contributed by atoms with Crippen molar-refractivity contribution in [2.75, 3.05) is 0 Å². The van der Waals surface area contributed by atoms with Crippen molar-refractivity contribution in [1.29, 1.82) is 0 Å². The van der Waals surface area contributed by atoms with Crippen molar-refractivity contribution in [2.45, 2.75) is 24.9 Å². The van der Waals surface area contributed by atoms with Crippen LogP contribution >= 0.6 is 0 Å². The number of aliphatic carboxylic acids is 1. The second kappa shape index (κ2) is 3.90. The Morgan fingerprint density at radius 2 is 2.07 bits per heavy atom. The largest absolute Gasteiger partial charge is 0.508 e. The third-order valence-corrected chi connectivity index (χ3v) is 2.47. The number of phenolic OH excluding ortho intramolecular Hbond substituents is 1. The van der Waals surface area contributed by atoms with Crippen LogP contribution in [-0.2, 0) is 4.79 Å². The summed E-state index contributed by atoms with van der Waals surface area (Å²) in [6.07, 6.45) is 2.02. The molecule has 4 heteroatoms. The molecule has 1 aliphatic carbocycles. The predicted octanol–water partition coefficient (Wildman–Crippen LogP) is 1.27. The van der Waals surface area contributed by atoms with E-state index in [0.717, 1.165) is 12.8 Å². The van der Waals surface area contributed by atoms with Crippen molar-refractivity contribution in [3.8, 4) is 5.75 Å². The van der Waals surface area contributed by atoms with E-state index in [1.807, 2.05) is 0 Å². The van der Waals surface area contributed by atoms with Crippen LogP contribution in [0, 0.1) is 0 Å². The van der Waals surface area contributed by atoms with E-state index in [0.29, 0.717) is 5.56 Å². The molecule has 1 aromatic carbocycles. The van der Waals surface area contributed by atoms with E-state index in [1.165, 1.54) is 6.07 Å². The number of carbonyl (C=O) groups is 1. The zero-order chi connectivity index (χ0) is 10.8. The van der Waals surface area contributed by atoms with Gasteiger partial charge in [0.05, 0.1) is 0 Å². The predicted molar refractivity (Wildman–Crippen MR) is 54.6 cm³/mol. The lowest BCUT2D eigenvalue weighted by Crippen LogP contribution is -2.30. The monoisotopic (exact) mass is 207 g/mol. The molecule has 1 fully saturated rings. The fraction of sp³-hybridized carbons (Fsp3) is 0.364. The van der Waals surface area contributed by atoms with Crippen LogP contribution in [0.4, 0.5) is 0 Å². The number of rotatable bonds is 4. The van der Waals surface area contributed by atoms with Crippen LogP contribution in [0.15, 0.2) is 24.3 Å². The highest BCUT2D eigenvalue weighted by Crippen LogP contribution is 2.28. The normalized spacial score (nSPS) is 17.3. The molecule has 3 N–H and O–H groups in total. The Bertz CT molecular complexity index is 374. The number of aromatic hydroxyl groups is 1. The Labute approximate surface area is 87.6 Å². The fourth-order valence-corrected chi connectivity index (χ4v) is 1.51. The zero-order valence-electron chi connectivity index (χ0n) is 8.18. The van der Waals surface area contributed by atoms with Gasteiger partial charge >= 0.3 is 5.97 Å². The summed E-state index contributed by atoms with van der Waals surface area (Å²) >= 11 is 0. The lowest BCUT2D eigenvalue weighted by Gasteiger charge is -2.15. The van der Waals surface area contributed by atoms with Gasteiger partial charge < -0.3 is 10.2 Å². The number of hydrogen-bond acceptors (Lipinski definition) is 3. The minimum Gasteiger partial charge on any atom is -0.508 e. The molecule has 4 nitrogen and oxygen atoms in total. The number of carboxylic acid groups (broad SMARTS) is 1. The maximum absolute atomic E-state index is 11.0. The summed E-state index contributed by atoms with van der Waals surface area (Å²) in [7, 11) is 0. The van der Waals surface area contributed by atoms with Crippen molar-refractivity contribution in [1.82, 2.24) is 5.32 Å². The Morgan fingerprint density at radius 1 is 1.40 bits per heavy atom. The topological polar surface area (TPSA) is 69.6 Å². The van der Waals surface area contributed by atoms with E-state index >= 15 is 0 Å². The highest BCUT2D eigenvalue weighted by Gasteiger charge is 2.30. The summed E-state index contributed by atoms with van der Waals surface area (Å²) in [6.45, 7) is 0. The van der Waals surface area contributed by atoms with Crippen molar-refractivity contribution >= 4 is 5.97 Å². The van der Waals surface area contributed by atoms with Crippen LogP contribution in [0.5, 0.6) is 5.75 Å². The van der Waals surface area contributed by atoms with Gasteiger partial charge in [-0.3, -0.25) is 10.1 Å². The SMILES string of the molecule is O=C(O)C(NC1CC1)c1ccccc1O. The quantitative estimate of drug-likeness (QED) is 0.695. The summed E-state index contributed by atoms with van der Waals surface area (Å²) in [6, 6.07) is 6.00. The van der Waals surface area contributed by atoms with Crippen LogP contribution in [0.25, 0.3) is 0 Å². The Morgan fingerprint density at radius 3 is 2.60 bits per heavy atom. The van der Waals surface area contributed by atoms with E-state index in [-0.39, 0.29) is 11.8 Å². The number of hydrogen-bond donors (Lipinski definition) is 3. The van der Waals surface area contributed by atoms with Crippen molar-refractivity contribution in [3.05, 3.63) is 29.8 Å². The second-order valence-electron chi connectivity index (χ2n) is 3.77. The molecule has 1 aliphatic rings. The van der Waals surface area contributed by atoms with Crippen LogP contribution in [0.3, 0.4) is 0 Å². The smallest absolute Gasteiger partial charge is 0.325 e. The maximum Gasteiger partial charge on any atom is 0.325 e. The van der Waals surface area contributed by atoms with Gasteiger partial charge in [0.15, 0.2) is 0 Å². The van der Waals surface area contributed by atoms with Crippen molar-refractivity contribution < 1.29 is 15.0 Å². The summed E-state index contributed by atoms with van der Waals surface area (Å²) < 4.78 is 0. The molecule has 1 saturated carbocycles. The second-order valence-corrected chi connectivity index (χ2v) is 3.77. The van der Waals surface area contributed by atoms with Gasteiger partial charge in [0.25, 0.3) is 0 Å². The van der Waals surface area contributed by atoms with Gasteiger partial charge in [0.1, 0.15) is 11.8 Å². The molecule has 15 heavy (non-hydrogen) atoms. The Kier molecular flexibility index (Phi) is 2.60. The van der Waals surface area contributed by atoms with Crippen LogP contribution in [0.2, 0.25) is 0 Å². The van der Waals surface area contributed by atoms with Gasteiger partial charge in [0.2, 0.25) is 0 Å². The first-order valence-electron chi connectivity index (χ1n) is 4.95. The first-order chi connectivity index (χ1) is 7.18. The van der Waals surface area contributed by atoms with Gasteiger partial charge in [-0.25, -0.2) is 0 Å². The summed E-state index contributed by atoms with van der Waals surface area (Å²) in [4.78, 5) is 11.0. The van der Waals surface area contributed by atoms with Gasteiger partial charge in [-0.05, 0) is 18.9 Å². The molecule has 0 radical (unpaired) electrons. The number of para-hydroxylation sites is 1. The molecular weight excluding hydrogens is 194 g/mol. The minimum atomic E-state index is -0.955. The van der Waals surface area contributed by atoms with Crippen LogP contribution < -0.4 is 5.32 Å². The van der Waals surface area contributed by atoms with E-state index in [4.69, 9.17) is 5.11 Å². The molecule has 0 saturated heterocycles. The maximum atomic E-state index is 11.0. The Balaban J connectivity index is 2.22. The van der Waals surface area contributed by atoms with Crippen LogP contribution in [0.1, 0.15) is 24.4 Å². The molecule has 1 aromatic rings. The highest BCUT2D eigenvalue weighted by molar-refractivity contribution is 5.76. The number of carboxylic acids is 1. The molecule has 0 amide bonds. The van der Waals surface area contributed by atoms with Gasteiger partial charge in [-0.1, -0.05) is 18.2 Å². The average Bonchev–Trinajstić information content (AvgIpc) is 2.99. The number of nitrogens with one attached hydrogen (secondary N) is 1. The lowest BCUT2D eigenvalue weighted by atomic mass is 10.1. The van der Waals surface area contributed by atoms with E-state index in [2.05, 4.69) is 5.32 Å². The Hall–Kier alpha value is -1.55. The fourth-order valence-electron chi connectivity index (χ4n) is 1.51. The molecule has 0 bridgehead atoms. The van der Waals surface area contributed by atoms with Crippen molar-refractivity contribution in [2.24, 2.45) is 0 Å². The van der Waals surface area contributed by atoms with E-state index in [9.17, 15) is 9.90 Å². The first kappa shape index (κ1) is 9.98. The van der Waals surface area contributed by atoms with E-state index in [1.54, 1.807) is 18.2 Å². The molecule has 0 spiro atoms. The summed E-state index contributed by atoms with van der Waals surface area (Å²) in [5.74, 6) is -0.929. The first-order valence-corrected chi connectivity index (χ1v) is 4.95. The molecule has 0 heterocycles. The standard InChI is InChI=1S/C11H13NO3/c13-9-4-2-1-3-8(9)10(11(14)15)12-7-5-6-7/h1-4,7,10,12-13H,5-6H2,(H,14,15). The molecule has 2 rings (SSSR count). The molecule has 0 aliphatic heterocycles. The molecule has 1 unspecified atom stereocenters. The molecule has 80 valence electrons. The average molecular weight is 207 g/mol. The van der Waals surface area contributed by atoms with E-state index < -0.39 is 12.0 Å². The highest BCUT2D eigenvalue weighted by atomic mass is 16.4. The van der Waals surface area contributed by atoms with Gasteiger partial charge in [-0.2, -0.15) is 0 Å². The minimum absolute atomic E-state index is 0.0260. The molecule has 0 aromatic heterocycles. The zero-order valence-corrected chi connectivity index (χ0v) is 8.18. The summed E-state index contributed by atoms with van der Waals surface area (Å²) in [5.41, 5.74) is 0.428. The number of benzene rings is 1. The molecule has 1 atom stereocenters.